The Morgan fingerprint density at radius 1 is 1.32 bits per heavy atom. The second-order valence-corrected chi connectivity index (χ2v) is 4.55. The Morgan fingerprint density at radius 3 is 2.68 bits per heavy atom. The van der Waals surface area contributed by atoms with Crippen molar-refractivity contribution in [2.45, 2.75) is 32.4 Å². The summed E-state index contributed by atoms with van der Waals surface area (Å²) in [7, 11) is 1.91. The highest BCUT2D eigenvalue weighted by Gasteiger charge is 2.15. The lowest BCUT2D eigenvalue weighted by atomic mass is 10.0. The highest BCUT2D eigenvalue weighted by atomic mass is 19.1. The zero-order valence-electron chi connectivity index (χ0n) is 11.3. The molecule has 0 amide bonds. The fraction of sp³-hybridized carbons (Fsp3) is 0.429. The number of halogens is 1. The number of nitrogens with one attached hydrogen (secondary N) is 1. The van der Waals surface area contributed by atoms with E-state index in [4.69, 9.17) is 0 Å². The van der Waals surface area contributed by atoms with E-state index >= 15 is 0 Å². The first kappa shape index (κ1) is 13.7. The Hall–Kier alpha value is -1.75. The molecule has 4 nitrogen and oxygen atoms in total. The number of hydrogen-bond donors (Lipinski definition) is 1. The van der Waals surface area contributed by atoms with E-state index in [1.54, 1.807) is 6.20 Å². The largest absolute Gasteiger partial charge is 0.311 e. The summed E-state index contributed by atoms with van der Waals surface area (Å²) in [4.78, 5) is 0. The molecule has 1 N–H and O–H groups in total. The van der Waals surface area contributed by atoms with Crippen LogP contribution in [0.3, 0.4) is 0 Å². The molecular weight excluding hydrogens is 243 g/mol. The van der Waals surface area contributed by atoms with Gasteiger partial charge in [0, 0.05) is 6.54 Å². The van der Waals surface area contributed by atoms with Gasteiger partial charge in [0.15, 0.2) is 0 Å². The van der Waals surface area contributed by atoms with Crippen molar-refractivity contribution in [3.8, 4) is 0 Å². The molecule has 0 bridgehead atoms. The second kappa shape index (κ2) is 6.43. The molecule has 5 heteroatoms. The number of likely N-dealkylation sites (N-methyl/N-ethyl adjacent to an activating group) is 1. The molecule has 1 aromatic heterocycles. The summed E-state index contributed by atoms with van der Waals surface area (Å²) in [6, 6.07) is 6.74. The van der Waals surface area contributed by atoms with Crippen molar-refractivity contribution < 1.29 is 4.39 Å². The molecule has 1 heterocycles. The maximum atomic E-state index is 12.9. The molecule has 19 heavy (non-hydrogen) atoms. The van der Waals surface area contributed by atoms with Gasteiger partial charge in [-0.25, -0.2) is 9.07 Å². The maximum Gasteiger partial charge on any atom is 0.123 e. The van der Waals surface area contributed by atoms with Crippen molar-refractivity contribution in [1.29, 1.82) is 0 Å². The average molecular weight is 262 g/mol. The van der Waals surface area contributed by atoms with Crippen LogP contribution in [0.25, 0.3) is 0 Å². The molecule has 1 aromatic carbocycles. The van der Waals surface area contributed by atoms with Crippen molar-refractivity contribution in [2.75, 3.05) is 7.05 Å². The van der Waals surface area contributed by atoms with Gasteiger partial charge in [-0.15, -0.1) is 5.10 Å². The van der Waals surface area contributed by atoms with Gasteiger partial charge in [-0.05, 0) is 37.6 Å². The van der Waals surface area contributed by atoms with Crippen molar-refractivity contribution >= 4 is 0 Å². The van der Waals surface area contributed by atoms with Crippen LogP contribution < -0.4 is 5.32 Å². The highest BCUT2D eigenvalue weighted by Crippen LogP contribution is 2.17. The molecule has 102 valence electrons. The van der Waals surface area contributed by atoms with Crippen molar-refractivity contribution in [3.63, 3.8) is 0 Å². The van der Waals surface area contributed by atoms with Crippen LogP contribution in [0.5, 0.6) is 0 Å². The van der Waals surface area contributed by atoms with Gasteiger partial charge in [-0.3, -0.25) is 0 Å². The summed E-state index contributed by atoms with van der Waals surface area (Å²) in [5, 5.41) is 11.3. The number of benzene rings is 1. The van der Waals surface area contributed by atoms with E-state index < -0.39 is 0 Å². The minimum absolute atomic E-state index is 0.131. The van der Waals surface area contributed by atoms with Crippen LogP contribution >= 0.6 is 0 Å². The maximum absolute atomic E-state index is 12.9. The highest BCUT2D eigenvalue weighted by molar-refractivity contribution is 5.19. The summed E-state index contributed by atoms with van der Waals surface area (Å²) < 4.78 is 14.8. The molecule has 2 aromatic rings. The van der Waals surface area contributed by atoms with Crippen LogP contribution in [0.2, 0.25) is 0 Å². The predicted molar refractivity (Wildman–Crippen MR) is 72.2 cm³/mol. The molecule has 0 aliphatic heterocycles. The molecule has 0 aliphatic rings. The van der Waals surface area contributed by atoms with Crippen LogP contribution in [0.15, 0.2) is 30.5 Å². The molecule has 0 aliphatic carbocycles. The Labute approximate surface area is 112 Å². The number of hydrogen-bond acceptors (Lipinski definition) is 3. The van der Waals surface area contributed by atoms with E-state index in [2.05, 4.69) is 22.6 Å². The van der Waals surface area contributed by atoms with Crippen molar-refractivity contribution in [2.24, 2.45) is 0 Å². The molecule has 0 fully saturated rings. The Bertz CT molecular complexity index is 506. The van der Waals surface area contributed by atoms with E-state index in [0.29, 0.717) is 0 Å². The molecule has 1 atom stereocenters. The molecule has 0 spiro atoms. The van der Waals surface area contributed by atoms with E-state index in [1.165, 1.54) is 12.1 Å². The molecular formula is C14H19FN4. The molecule has 0 radical (unpaired) electrons. The minimum atomic E-state index is -0.206. The number of rotatable bonds is 6. The zero-order valence-corrected chi connectivity index (χ0v) is 11.3. The summed E-state index contributed by atoms with van der Waals surface area (Å²) in [5.74, 6) is -0.206. The molecule has 1 unspecified atom stereocenters. The van der Waals surface area contributed by atoms with Crippen LogP contribution in [0.4, 0.5) is 4.39 Å². The van der Waals surface area contributed by atoms with Crippen molar-refractivity contribution in [3.05, 3.63) is 47.5 Å². The smallest absolute Gasteiger partial charge is 0.123 e. The molecule has 0 saturated heterocycles. The number of aromatic nitrogens is 3. The van der Waals surface area contributed by atoms with Crippen LogP contribution in [0, 0.1) is 5.82 Å². The van der Waals surface area contributed by atoms with Gasteiger partial charge in [-0.2, -0.15) is 0 Å². The average Bonchev–Trinajstić information content (AvgIpc) is 2.87. The first-order valence-electron chi connectivity index (χ1n) is 6.54. The summed E-state index contributed by atoms with van der Waals surface area (Å²) >= 11 is 0. The normalized spacial score (nSPS) is 12.6. The van der Waals surface area contributed by atoms with Gasteiger partial charge in [0.05, 0.1) is 17.9 Å². The lowest BCUT2D eigenvalue weighted by molar-refractivity contribution is 0.490. The third kappa shape index (κ3) is 3.38. The van der Waals surface area contributed by atoms with Gasteiger partial charge in [0.2, 0.25) is 0 Å². The predicted octanol–water partition coefficient (Wildman–Crippen LogP) is 2.33. The van der Waals surface area contributed by atoms with Crippen LogP contribution in [-0.2, 0) is 13.0 Å². The minimum Gasteiger partial charge on any atom is -0.311 e. The van der Waals surface area contributed by atoms with E-state index in [9.17, 15) is 4.39 Å². The standard InChI is InChI=1S/C14H19FN4/c1-3-8-19-14(10-17-18-19)13(16-2)9-11-4-6-12(15)7-5-11/h4-7,10,13,16H,3,8-9H2,1-2H3. The van der Waals surface area contributed by atoms with Gasteiger partial charge < -0.3 is 5.32 Å². The summed E-state index contributed by atoms with van der Waals surface area (Å²) in [6.07, 6.45) is 3.59. The lowest BCUT2D eigenvalue weighted by Crippen LogP contribution is -2.22. The lowest BCUT2D eigenvalue weighted by Gasteiger charge is -2.17. The monoisotopic (exact) mass is 262 g/mol. The third-order valence-corrected chi connectivity index (χ3v) is 3.14. The fourth-order valence-corrected chi connectivity index (χ4v) is 2.13. The Morgan fingerprint density at radius 2 is 2.05 bits per heavy atom. The first-order chi connectivity index (χ1) is 9.24. The zero-order chi connectivity index (χ0) is 13.7. The van der Waals surface area contributed by atoms with E-state index in [-0.39, 0.29) is 11.9 Å². The second-order valence-electron chi connectivity index (χ2n) is 4.55. The quantitative estimate of drug-likeness (QED) is 0.869. The number of nitrogens with zero attached hydrogens (tertiary/aromatic N) is 3. The molecule has 2 rings (SSSR count). The van der Waals surface area contributed by atoms with Gasteiger partial charge in [-0.1, -0.05) is 24.3 Å². The SMILES string of the molecule is CCCn1nncc1C(Cc1ccc(F)cc1)NC. The van der Waals surface area contributed by atoms with E-state index in [1.807, 2.05) is 23.9 Å². The first-order valence-corrected chi connectivity index (χ1v) is 6.54. The fourth-order valence-electron chi connectivity index (χ4n) is 2.13. The van der Waals surface area contributed by atoms with Crippen LogP contribution in [0.1, 0.15) is 30.6 Å². The summed E-state index contributed by atoms with van der Waals surface area (Å²) in [5.41, 5.74) is 2.15. The third-order valence-electron chi connectivity index (χ3n) is 3.14. The topological polar surface area (TPSA) is 42.7 Å². The Kier molecular flexibility index (Phi) is 4.63. The summed E-state index contributed by atoms with van der Waals surface area (Å²) in [6.45, 7) is 2.97. The van der Waals surface area contributed by atoms with Crippen LogP contribution in [-0.4, -0.2) is 22.0 Å². The van der Waals surface area contributed by atoms with E-state index in [0.717, 1.165) is 30.6 Å². The van der Waals surface area contributed by atoms with Gasteiger partial charge in [0.25, 0.3) is 0 Å². The van der Waals surface area contributed by atoms with Gasteiger partial charge in [0.1, 0.15) is 5.82 Å². The number of aryl methyl sites for hydroxylation is 1. The Balaban J connectivity index is 2.15. The van der Waals surface area contributed by atoms with Gasteiger partial charge >= 0.3 is 0 Å². The molecule has 0 saturated carbocycles. The van der Waals surface area contributed by atoms with Crippen molar-refractivity contribution in [1.82, 2.24) is 20.3 Å².